The molecule has 26 atom stereocenters. The average molecular weight is 1530 g/mol. The average Bonchev–Trinajstić information content (AvgIpc) is 1.16. The van der Waals surface area contributed by atoms with Crippen molar-refractivity contribution in [1.82, 2.24) is 0 Å². The second-order valence-corrected chi connectivity index (χ2v) is 66.3. The maximum atomic E-state index is 7.57. The van der Waals surface area contributed by atoms with Gasteiger partial charge in [-0.3, -0.25) is 0 Å². The molecule has 8 saturated heterocycles. The smallest absolute Gasteiger partial charge is 0.317 e. The molecule has 0 amide bonds. The summed E-state index contributed by atoms with van der Waals surface area (Å²) in [5.74, 6) is 9.11. The standard InChI is InChI=1S/2C33H62O8Si4.C10H16/c2*1-6-34-17-7-18-42(2)38-43(3,19-14-25-8-11-28-31(22-25)35-28)40-45(5,21-16-27-10-13-30-33(24-27)37-30)41-44(4,39-42)20-15-26-9-12-29-32(23-26)36-29;1-2-9-7-4-5-8(6-7)10(9)3-1/h2*25-33H,6-24H2,1-5H3;7-10H,1-6H2. The Labute approximate surface area is 614 Å². The molecule has 17 rings (SSSR count). The van der Waals surface area contributed by atoms with Gasteiger partial charge >= 0.3 is 68.5 Å². The van der Waals surface area contributed by atoms with Crippen LogP contribution in [0.2, 0.25) is 101 Å². The van der Waals surface area contributed by atoms with Crippen LogP contribution in [0.15, 0.2) is 0 Å². The fourth-order valence-electron chi connectivity index (χ4n) is 23.2. The maximum Gasteiger partial charge on any atom is 0.317 e. The summed E-state index contributed by atoms with van der Waals surface area (Å²) in [4.78, 5) is 0. The van der Waals surface area contributed by atoms with Crippen molar-refractivity contribution in [3.05, 3.63) is 0 Å². The van der Waals surface area contributed by atoms with Crippen molar-refractivity contribution in [3.8, 4) is 0 Å². The Hall–Kier alpha value is 1.10. The molecule has 8 aliphatic heterocycles. The monoisotopic (exact) mass is 1530 g/mol. The summed E-state index contributed by atoms with van der Waals surface area (Å²) in [5, 5.41) is 0. The van der Waals surface area contributed by atoms with Crippen LogP contribution in [0.25, 0.3) is 0 Å². The van der Waals surface area contributed by atoms with E-state index in [1.807, 2.05) is 0 Å². The summed E-state index contributed by atoms with van der Waals surface area (Å²) in [6, 6.07) is 8.08. The molecule has 2 bridgehead atoms. The fraction of sp³-hybridized carbons (Fsp3) is 1.00. The molecule has 26 unspecified atom stereocenters. The highest BCUT2D eigenvalue weighted by molar-refractivity contribution is 6.95. The lowest BCUT2D eigenvalue weighted by Crippen LogP contribution is -2.67. The Morgan fingerprint density at radius 1 is 0.250 bits per heavy atom. The molecule has 0 aromatic heterocycles. The molecular formula is C76H140O16Si8. The van der Waals surface area contributed by atoms with Crippen LogP contribution in [-0.2, 0) is 70.8 Å². The van der Waals surface area contributed by atoms with Gasteiger partial charge < -0.3 is 70.8 Å². The van der Waals surface area contributed by atoms with Crippen molar-refractivity contribution in [1.29, 1.82) is 0 Å². The van der Waals surface area contributed by atoms with Crippen LogP contribution in [-0.4, -0.2) is 168 Å². The molecule has 0 radical (unpaired) electrons. The first kappa shape index (κ1) is 76.5. The first-order valence-electron chi connectivity index (χ1n) is 42.7. The van der Waals surface area contributed by atoms with Crippen molar-refractivity contribution in [2.75, 3.05) is 26.4 Å². The summed E-state index contributed by atoms with van der Waals surface area (Å²) in [5.41, 5.74) is 0. The lowest BCUT2D eigenvalue weighted by atomic mass is 9.82. The van der Waals surface area contributed by atoms with E-state index in [2.05, 4.69) is 66.2 Å². The van der Waals surface area contributed by atoms with Crippen LogP contribution in [0.4, 0.5) is 0 Å². The molecule has 0 N–H and O–H groups in total. The van der Waals surface area contributed by atoms with Gasteiger partial charge in [0.05, 0.1) is 73.2 Å². The van der Waals surface area contributed by atoms with Crippen LogP contribution >= 0.6 is 0 Å². The van der Waals surface area contributed by atoms with Crippen LogP contribution in [0.1, 0.15) is 219 Å². The largest absolute Gasteiger partial charge is 0.416 e. The lowest BCUT2D eigenvalue weighted by molar-refractivity contribution is 0.145. The molecule has 9 saturated carbocycles. The van der Waals surface area contributed by atoms with Crippen molar-refractivity contribution >= 4 is 68.5 Å². The zero-order valence-electron chi connectivity index (χ0n) is 64.3. The fourth-order valence-corrected chi connectivity index (χ4v) is 70.5. The second-order valence-electron chi connectivity index (χ2n) is 37.7. The molecule has 24 heteroatoms. The SMILES string of the molecule is C1CC2C3CCC(C3)C2C1.CCOCCC[Si]1(C)O[Si](C)(CCC2CCC3OC3C2)O[Si](C)(CCC2CCC3OC3C2)O[Si](C)(CCC2CCC3OC3C2)O1.CCOCCC[Si]1(C)O[Si](C)(CCC2CCC3OC3C2)O[Si](C)(CCC2CCC3OC3C2)O[Si](C)(CCC2CCC3OC3C2)O1. The molecule has 17 fully saturated rings. The zero-order valence-corrected chi connectivity index (χ0v) is 72.3. The molecule has 0 aromatic carbocycles. The molecule has 0 aromatic rings. The van der Waals surface area contributed by atoms with E-state index in [9.17, 15) is 0 Å². The number of fused-ring (bicyclic) bond motifs is 11. The minimum Gasteiger partial charge on any atom is -0.416 e. The van der Waals surface area contributed by atoms with Gasteiger partial charge in [0.1, 0.15) is 0 Å². The van der Waals surface area contributed by atoms with E-state index in [1.54, 1.807) is 38.5 Å². The van der Waals surface area contributed by atoms with Gasteiger partial charge in [-0.2, -0.15) is 0 Å². The third-order valence-electron chi connectivity index (χ3n) is 28.8. The quantitative estimate of drug-likeness (QED) is 0.0412. The highest BCUT2D eigenvalue weighted by Gasteiger charge is 2.61. The molecule has 8 heterocycles. The molecule has 17 aliphatic rings. The normalized spacial score (nSPS) is 51.2. The molecule has 100 heavy (non-hydrogen) atoms. The Morgan fingerprint density at radius 3 is 0.680 bits per heavy atom. The topological polar surface area (TPSA) is 167 Å². The number of ether oxygens (including phenoxy) is 8. The van der Waals surface area contributed by atoms with Gasteiger partial charge in [-0.05, 0) is 373 Å². The summed E-state index contributed by atoms with van der Waals surface area (Å²) in [6.45, 7) is 26.0. The first-order valence-corrected chi connectivity index (χ1v) is 62.9. The van der Waals surface area contributed by atoms with E-state index in [-0.39, 0.29) is 0 Å². The van der Waals surface area contributed by atoms with Crippen molar-refractivity contribution in [3.63, 3.8) is 0 Å². The number of hydrogen-bond donors (Lipinski definition) is 0. The van der Waals surface area contributed by atoms with Gasteiger partial charge in [0.2, 0.25) is 0 Å². The highest BCUT2D eigenvalue weighted by Crippen LogP contribution is 2.59. The van der Waals surface area contributed by atoms with Gasteiger partial charge in [0.25, 0.3) is 0 Å². The minimum atomic E-state index is -2.60. The predicted octanol–water partition coefficient (Wildman–Crippen LogP) is 18.1. The van der Waals surface area contributed by atoms with E-state index >= 15 is 0 Å². The van der Waals surface area contributed by atoms with Crippen molar-refractivity contribution in [2.45, 2.75) is 393 Å². The van der Waals surface area contributed by atoms with Gasteiger partial charge in [-0.25, -0.2) is 0 Å². The lowest BCUT2D eigenvalue weighted by Gasteiger charge is -2.51. The molecule has 572 valence electrons. The third kappa shape index (κ3) is 20.4. The van der Waals surface area contributed by atoms with Crippen molar-refractivity contribution < 1.29 is 70.8 Å². The first-order chi connectivity index (χ1) is 48.0. The van der Waals surface area contributed by atoms with Gasteiger partial charge in [0, 0.05) is 26.4 Å². The van der Waals surface area contributed by atoms with Crippen LogP contribution in [0, 0.1) is 59.2 Å². The van der Waals surface area contributed by atoms with Crippen LogP contribution < -0.4 is 0 Å². The Kier molecular flexibility index (Phi) is 24.5. The maximum absolute atomic E-state index is 7.57. The van der Waals surface area contributed by atoms with Crippen LogP contribution in [0.5, 0.6) is 0 Å². The van der Waals surface area contributed by atoms with Crippen LogP contribution in [0.3, 0.4) is 0 Å². The van der Waals surface area contributed by atoms with E-state index in [1.165, 1.54) is 178 Å². The summed E-state index contributed by atoms with van der Waals surface area (Å²) in [7, 11) is -20.7. The summed E-state index contributed by atoms with van der Waals surface area (Å²) in [6.07, 6.45) is 47.2. The van der Waals surface area contributed by atoms with E-state index in [0.717, 1.165) is 123 Å². The number of rotatable bonds is 28. The van der Waals surface area contributed by atoms with E-state index < -0.39 is 68.5 Å². The minimum absolute atomic E-state index is 0.515. The number of epoxide rings is 6. The molecular weight excluding hydrogens is 1390 g/mol. The van der Waals surface area contributed by atoms with Gasteiger partial charge in [-0.15, -0.1) is 0 Å². The Bertz CT molecular complexity index is 2410. The Morgan fingerprint density at radius 2 is 0.470 bits per heavy atom. The number of hydrogen-bond acceptors (Lipinski definition) is 16. The summed E-state index contributed by atoms with van der Waals surface area (Å²) < 4.78 is 107. The predicted molar refractivity (Wildman–Crippen MR) is 408 cm³/mol. The zero-order chi connectivity index (χ0) is 69.1. The third-order valence-corrected chi connectivity index (χ3v) is 66.1. The second kappa shape index (κ2) is 32.1. The van der Waals surface area contributed by atoms with Crippen molar-refractivity contribution in [2.24, 2.45) is 59.2 Å². The Balaban J connectivity index is 0.000000142. The summed E-state index contributed by atoms with van der Waals surface area (Å²) >= 11 is 0. The van der Waals surface area contributed by atoms with Gasteiger partial charge in [-0.1, -0.05) is 6.42 Å². The molecule has 0 spiro atoms. The molecule has 9 aliphatic carbocycles. The van der Waals surface area contributed by atoms with E-state index in [0.29, 0.717) is 73.2 Å². The van der Waals surface area contributed by atoms with E-state index in [4.69, 9.17) is 70.8 Å². The molecule has 16 nitrogen and oxygen atoms in total. The highest BCUT2D eigenvalue weighted by atomic mass is 28.5. The van der Waals surface area contributed by atoms with Gasteiger partial charge in [0.15, 0.2) is 0 Å².